The molecule has 0 bridgehead atoms. The van der Waals surface area contributed by atoms with Crippen LogP contribution in [0.2, 0.25) is 0 Å². The first kappa shape index (κ1) is 13.7. The van der Waals surface area contributed by atoms with Gasteiger partial charge in [0.25, 0.3) is 5.91 Å². The molecule has 0 aliphatic rings. The average molecular weight is 278 g/mol. The molecule has 5 nitrogen and oxygen atoms in total. The largest absolute Gasteiger partial charge is 0.341 e. The van der Waals surface area contributed by atoms with Crippen molar-refractivity contribution < 1.29 is 4.79 Å². The number of amides is 1. The molecule has 0 saturated carbocycles. The molecule has 2 heterocycles. The van der Waals surface area contributed by atoms with Gasteiger partial charge in [0, 0.05) is 19.8 Å². The van der Waals surface area contributed by atoms with E-state index in [-0.39, 0.29) is 5.91 Å². The van der Waals surface area contributed by atoms with Gasteiger partial charge < -0.3 is 4.90 Å². The second-order valence-corrected chi connectivity index (χ2v) is 5.26. The third-order valence-corrected chi connectivity index (χ3v) is 3.58. The highest BCUT2D eigenvalue weighted by atomic mass is 32.1. The molecule has 1 unspecified atom stereocenters. The zero-order valence-corrected chi connectivity index (χ0v) is 12.2. The van der Waals surface area contributed by atoms with Crippen LogP contribution in [-0.4, -0.2) is 39.0 Å². The zero-order valence-electron chi connectivity index (χ0n) is 11.4. The lowest BCUT2D eigenvalue weighted by molar-refractivity contribution is 0.0774. The van der Waals surface area contributed by atoms with Gasteiger partial charge in [-0.05, 0) is 30.3 Å². The molecule has 0 aromatic carbocycles. The summed E-state index contributed by atoms with van der Waals surface area (Å²) in [7, 11) is 1.83. The van der Waals surface area contributed by atoms with E-state index in [1.165, 1.54) is 0 Å². The summed E-state index contributed by atoms with van der Waals surface area (Å²) in [6.07, 6.45) is 2.79. The molecular formula is C13H18N4OS. The Morgan fingerprint density at radius 3 is 3.00 bits per heavy atom. The number of carbonyl (C=O) groups is 1. The first-order valence-electron chi connectivity index (χ1n) is 6.35. The Balaban J connectivity index is 2.25. The maximum absolute atomic E-state index is 12.3. The number of H-pyrrole nitrogens is 1. The van der Waals surface area contributed by atoms with Crippen molar-refractivity contribution in [2.24, 2.45) is 5.92 Å². The molecule has 102 valence electrons. The van der Waals surface area contributed by atoms with E-state index in [1.807, 2.05) is 7.05 Å². The number of nitrogens with zero attached hydrogens (tertiary/aromatic N) is 3. The van der Waals surface area contributed by atoms with Gasteiger partial charge in [0.1, 0.15) is 0 Å². The zero-order chi connectivity index (χ0) is 14.0. The van der Waals surface area contributed by atoms with Gasteiger partial charge in [-0.3, -0.25) is 14.3 Å². The lowest BCUT2D eigenvalue weighted by Crippen LogP contribution is -2.31. The molecule has 6 heteroatoms. The molecule has 2 aromatic rings. The first-order valence-corrected chi connectivity index (χ1v) is 6.76. The number of hydrogen-bond acceptors (Lipinski definition) is 3. The fourth-order valence-corrected chi connectivity index (χ4v) is 2.12. The number of aromatic nitrogens is 3. The molecule has 0 saturated heterocycles. The quantitative estimate of drug-likeness (QED) is 0.874. The summed E-state index contributed by atoms with van der Waals surface area (Å²) in [5.74, 6) is 0.499. The Bertz CT molecular complexity index is 645. The molecule has 0 aliphatic carbocycles. The molecule has 0 spiro atoms. The predicted molar refractivity (Wildman–Crippen MR) is 76.8 cm³/mol. The summed E-state index contributed by atoms with van der Waals surface area (Å²) in [5, 5.41) is 6.75. The minimum atomic E-state index is 0.00491. The van der Waals surface area contributed by atoms with Crippen molar-refractivity contribution in [2.75, 3.05) is 13.6 Å². The molecule has 1 amide bonds. The summed E-state index contributed by atoms with van der Waals surface area (Å²) in [6.45, 7) is 5.02. The van der Waals surface area contributed by atoms with E-state index >= 15 is 0 Å². The van der Waals surface area contributed by atoms with Crippen LogP contribution in [0.3, 0.4) is 0 Å². The standard InChI is InChI=1S/C13H18N4OS/c1-4-9(2)7-16(3)12(18)10-5-6-11-14-15-13(19)17(11)8-10/h5-6,8-9H,4,7H2,1-3H3,(H,15,19). The van der Waals surface area contributed by atoms with Crippen molar-refractivity contribution in [1.82, 2.24) is 19.5 Å². The maximum atomic E-state index is 12.3. The van der Waals surface area contributed by atoms with Crippen LogP contribution >= 0.6 is 12.2 Å². The monoisotopic (exact) mass is 278 g/mol. The number of carbonyl (C=O) groups excluding carboxylic acids is 1. The minimum absolute atomic E-state index is 0.00491. The van der Waals surface area contributed by atoms with E-state index < -0.39 is 0 Å². The topological polar surface area (TPSA) is 53.4 Å². The maximum Gasteiger partial charge on any atom is 0.255 e. The van der Waals surface area contributed by atoms with Crippen LogP contribution in [0.15, 0.2) is 18.3 Å². The van der Waals surface area contributed by atoms with E-state index in [1.54, 1.807) is 27.6 Å². The average Bonchev–Trinajstić information content (AvgIpc) is 2.78. The summed E-state index contributed by atoms with van der Waals surface area (Å²) in [6, 6.07) is 3.57. The van der Waals surface area contributed by atoms with Crippen molar-refractivity contribution in [3.63, 3.8) is 0 Å². The molecule has 19 heavy (non-hydrogen) atoms. The Hall–Kier alpha value is -1.69. The second kappa shape index (κ2) is 5.52. The van der Waals surface area contributed by atoms with Crippen LogP contribution in [0.1, 0.15) is 30.6 Å². The van der Waals surface area contributed by atoms with Crippen molar-refractivity contribution in [1.29, 1.82) is 0 Å². The highest BCUT2D eigenvalue weighted by Crippen LogP contribution is 2.10. The van der Waals surface area contributed by atoms with Gasteiger partial charge in [0.15, 0.2) is 10.4 Å². The Labute approximate surface area is 117 Å². The second-order valence-electron chi connectivity index (χ2n) is 4.87. The van der Waals surface area contributed by atoms with Crippen molar-refractivity contribution >= 4 is 23.8 Å². The van der Waals surface area contributed by atoms with Crippen LogP contribution in [0.4, 0.5) is 0 Å². The Morgan fingerprint density at radius 2 is 2.32 bits per heavy atom. The summed E-state index contributed by atoms with van der Waals surface area (Å²) >= 11 is 5.11. The smallest absolute Gasteiger partial charge is 0.255 e. The van der Waals surface area contributed by atoms with E-state index in [0.717, 1.165) is 13.0 Å². The van der Waals surface area contributed by atoms with Crippen molar-refractivity contribution in [3.8, 4) is 0 Å². The van der Waals surface area contributed by atoms with E-state index in [9.17, 15) is 4.79 Å². The SMILES string of the molecule is CCC(C)CN(C)C(=O)c1ccc2n[nH]c(=S)n2c1. The molecular weight excluding hydrogens is 260 g/mol. The van der Waals surface area contributed by atoms with E-state index in [2.05, 4.69) is 24.0 Å². The molecule has 2 rings (SSSR count). The number of nitrogens with one attached hydrogen (secondary N) is 1. The third kappa shape index (κ3) is 2.84. The van der Waals surface area contributed by atoms with Crippen LogP contribution in [-0.2, 0) is 0 Å². The highest BCUT2D eigenvalue weighted by Gasteiger charge is 2.14. The van der Waals surface area contributed by atoms with Gasteiger partial charge in [0.2, 0.25) is 0 Å². The molecule has 1 N–H and O–H groups in total. The Morgan fingerprint density at radius 1 is 1.58 bits per heavy atom. The number of pyridine rings is 1. The predicted octanol–water partition coefficient (Wildman–Crippen LogP) is 2.51. The van der Waals surface area contributed by atoms with E-state index in [0.29, 0.717) is 21.9 Å². The minimum Gasteiger partial charge on any atom is -0.341 e. The fraction of sp³-hybridized carbons (Fsp3) is 0.462. The van der Waals surface area contributed by atoms with Gasteiger partial charge in [-0.2, -0.15) is 5.10 Å². The van der Waals surface area contributed by atoms with Gasteiger partial charge >= 0.3 is 0 Å². The van der Waals surface area contributed by atoms with Gasteiger partial charge in [-0.15, -0.1) is 0 Å². The summed E-state index contributed by atoms with van der Waals surface area (Å²) in [5.41, 5.74) is 1.34. The van der Waals surface area contributed by atoms with Gasteiger partial charge in [-0.25, -0.2) is 0 Å². The van der Waals surface area contributed by atoms with Gasteiger partial charge in [0.05, 0.1) is 5.56 Å². The third-order valence-electron chi connectivity index (χ3n) is 3.29. The number of hydrogen-bond donors (Lipinski definition) is 1. The van der Waals surface area contributed by atoms with Crippen LogP contribution in [0.25, 0.3) is 5.65 Å². The number of fused-ring (bicyclic) bond motifs is 1. The number of aromatic amines is 1. The van der Waals surface area contributed by atoms with Crippen molar-refractivity contribution in [3.05, 3.63) is 28.7 Å². The highest BCUT2D eigenvalue weighted by molar-refractivity contribution is 7.71. The number of rotatable bonds is 4. The molecule has 0 fully saturated rings. The molecule has 1 atom stereocenters. The molecule has 0 radical (unpaired) electrons. The summed E-state index contributed by atoms with van der Waals surface area (Å²) < 4.78 is 2.20. The van der Waals surface area contributed by atoms with E-state index in [4.69, 9.17) is 12.2 Å². The molecule has 2 aromatic heterocycles. The fourth-order valence-electron chi connectivity index (χ4n) is 1.93. The van der Waals surface area contributed by atoms with Crippen LogP contribution < -0.4 is 0 Å². The Kier molecular flexibility index (Phi) is 3.99. The van der Waals surface area contributed by atoms with Crippen LogP contribution in [0, 0.1) is 10.7 Å². The summed E-state index contributed by atoms with van der Waals surface area (Å²) in [4.78, 5) is 14.1. The lowest BCUT2D eigenvalue weighted by Gasteiger charge is -2.20. The molecule has 0 aliphatic heterocycles. The normalized spacial score (nSPS) is 12.6. The van der Waals surface area contributed by atoms with Crippen LogP contribution in [0.5, 0.6) is 0 Å². The van der Waals surface area contributed by atoms with Gasteiger partial charge in [-0.1, -0.05) is 20.3 Å². The lowest BCUT2D eigenvalue weighted by atomic mass is 10.1. The first-order chi connectivity index (χ1) is 9.02. The van der Waals surface area contributed by atoms with Crippen molar-refractivity contribution in [2.45, 2.75) is 20.3 Å².